The van der Waals surface area contributed by atoms with Gasteiger partial charge in [-0.25, -0.2) is 0 Å². The van der Waals surface area contributed by atoms with Gasteiger partial charge in [0.25, 0.3) is 0 Å². The van der Waals surface area contributed by atoms with Crippen molar-refractivity contribution in [2.75, 3.05) is 18.0 Å². The van der Waals surface area contributed by atoms with Gasteiger partial charge < -0.3 is 10.6 Å². The summed E-state index contributed by atoms with van der Waals surface area (Å²) in [7, 11) is 0. The Kier molecular flexibility index (Phi) is 7.13. The maximum atomic E-state index is 13.7. The van der Waals surface area contributed by atoms with Crippen LogP contribution in [-0.2, 0) is 15.0 Å². The quantitative estimate of drug-likeness (QED) is 0.697. The molecule has 1 aromatic carbocycles. The number of anilines is 1. The second kappa shape index (κ2) is 10.0. The van der Waals surface area contributed by atoms with E-state index in [-0.39, 0.29) is 29.2 Å². The van der Waals surface area contributed by atoms with Gasteiger partial charge in [0.05, 0.1) is 5.92 Å². The molecule has 1 aliphatic heterocycles. The van der Waals surface area contributed by atoms with Crippen LogP contribution in [0.2, 0.25) is 0 Å². The third kappa shape index (κ3) is 5.44. The zero-order valence-corrected chi connectivity index (χ0v) is 20.0. The van der Waals surface area contributed by atoms with E-state index in [0.29, 0.717) is 13.1 Å². The molecular formula is C27H36N4O2. The number of pyridine rings is 1. The molecule has 6 nitrogen and oxygen atoms in total. The number of nitrogens with zero attached hydrogens (tertiary/aromatic N) is 2. The fourth-order valence-corrected chi connectivity index (χ4v) is 4.67. The molecule has 2 N–H and O–H groups in total. The number of aromatic nitrogens is 1. The maximum absolute atomic E-state index is 13.7. The number of rotatable bonds is 6. The molecule has 1 atom stereocenters. The summed E-state index contributed by atoms with van der Waals surface area (Å²) >= 11 is 0. The van der Waals surface area contributed by atoms with Crippen molar-refractivity contribution in [2.24, 2.45) is 5.92 Å². The van der Waals surface area contributed by atoms with E-state index in [1.54, 1.807) is 17.3 Å². The lowest BCUT2D eigenvalue weighted by Crippen LogP contribution is -2.55. The van der Waals surface area contributed by atoms with E-state index in [1.807, 2.05) is 24.3 Å². The fourth-order valence-electron chi connectivity index (χ4n) is 4.67. The molecule has 2 aliphatic rings. The van der Waals surface area contributed by atoms with Crippen molar-refractivity contribution in [1.29, 1.82) is 0 Å². The zero-order valence-electron chi connectivity index (χ0n) is 20.0. The van der Waals surface area contributed by atoms with Crippen LogP contribution in [0, 0.1) is 5.92 Å². The molecule has 1 aromatic heterocycles. The highest BCUT2D eigenvalue weighted by atomic mass is 16.2. The van der Waals surface area contributed by atoms with Crippen molar-refractivity contribution in [2.45, 2.75) is 70.4 Å². The maximum Gasteiger partial charge on any atom is 0.248 e. The highest BCUT2D eigenvalue weighted by molar-refractivity contribution is 6.02. The molecular weight excluding hydrogens is 412 g/mol. The Balaban J connectivity index is 1.72. The summed E-state index contributed by atoms with van der Waals surface area (Å²) in [5.74, 6) is -0.283. The first-order valence-electron chi connectivity index (χ1n) is 12.2. The zero-order chi connectivity index (χ0) is 23.4. The summed E-state index contributed by atoms with van der Waals surface area (Å²) in [4.78, 5) is 33.4. The second-order valence-electron chi connectivity index (χ2n) is 10.4. The van der Waals surface area contributed by atoms with Gasteiger partial charge in [-0.3, -0.25) is 19.5 Å². The number of hydrogen-bond acceptors (Lipinski definition) is 4. The van der Waals surface area contributed by atoms with Crippen LogP contribution in [0.5, 0.6) is 0 Å². The standard InChI is InChI=1S/C27H36N4O2/c1-27(2,3)21-11-13-23(14-12-21)31(26(33)20-17-29-18-20)24(19-8-7-15-28-16-19)25(32)30-22-9-5-4-6-10-22/h7-8,11-16,20,22,24,29H,4-6,9-10,17-18H2,1-3H3,(H,30,32). The lowest BCUT2D eigenvalue weighted by Gasteiger charge is -2.38. The van der Waals surface area contributed by atoms with Crippen molar-refractivity contribution in [3.05, 3.63) is 59.9 Å². The van der Waals surface area contributed by atoms with Gasteiger partial charge in [-0.2, -0.15) is 0 Å². The van der Waals surface area contributed by atoms with Gasteiger partial charge in [0.15, 0.2) is 0 Å². The Labute approximate surface area is 197 Å². The van der Waals surface area contributed by atoms with Crippen molar-refractivity contribution in [1.82, 2.24) is 15.6 Å². The molecule has 1 unspecified atom stereocenters. The van der Waals surface area contributed by atoms with E-state index in [9.17, 15) is 9.59 Å². The Morgan fingerprint density at radius 3 is 2.30 bits per heavy atom. The normalized spacial score (nSPS) is 18.3. The first-order chi connectivity index (χ1) is 15.8. The molecule has 0 bridgehead atoms. The summed E-state index contributed by atoms with van der Waals surface area (Å²) in [5.41, 5.74) is 2.67. The van der Waals surface area contributed by atoms with Crippen molar-refractivity contribution in [3.8, 4) is 0 Å². The van der Waals surface area contributed by atoms with E-state index in [4.69, 9.17) is 0 Å². The van der Waals surface area contributed by atoms with Crippen molar-refractivity contribution >= 4 is 17.5 Å². The van der Waals surface area contributed by atoms with Gasteiger partial charge >= 0.3 is 0 Å². The minimum absolute atomic E-state index is 0.00632. The Bertz CT molecular complexity index is 942. The van der Waals surface area contributed by atoms with Crippen LogP contribution in [0.4, 0.5) is 5.69 Å². The minimum Gasteiger partial charge on any atom is -0.351 e. The fraction of sp³-hybridized carbons (Fsp3) is 0.519. The average molecular weight is 449 g/mol. The average Bonchev–Trinajstić information content (AvgIpc) is 2.77. The van der Waals surface area contributed by atoms with E-state index in [2.05, 4.69) is 48.5 Å². The topological polar surface area (TPSA) is 74.3 Å². The highest BCUT2D eigenvalue weighted by Gasteiger charge is 2.39. The summed E-state index contributed by atoms with van der Waals surface area (Å²) in [6.45, 7) is 7.78. The van der Waals surface area contributed by atoms with Crippen molar-refractivity contribution in [3.63, 3.8) is 0 Å². The van der Waals surface area contributed by atoms with E-state index >= 15 is 0 Å². The van der Waals surface area contributed by atoms with Crippen LogP contribution in [-0.4, -0.2) is 35.9 Å². The number of carbonyl (C=O) groups is 2. The molecule has 176 valence electrons. The van der Waals surface area contributed by atoms with Gasteiger partial charge in [0.2, 0.25) is 11.8 Å². The second-order valence-corrected chi connectivity index (χ2v) is 10.4. The van der Waals surface area contributed by atoms with E-state index < -0.39 is 6.04 Å². The molecule has 2 aromatic rings. The van der Waals surface area contributed by atoms with Crippen LogP contribution >= 0.6 is 0 Å². The van der Waals surface area contributed by atoms with E-state index in [1.165, 1.54) is 12.0 Å². The molecule has 0 radical (unpaired) electrons. The lowest BCUT2D eigenvalue weighted by atomic mass is 9.87. The number of amides is 2. The Morgan fingerprint density at radius 2 is 1.76 bits per heavy atom. The van der Waals surface area contributed by atoms with Gasteiger partial charge in [-0.15, -0.1) is 0 Å². The van der Waals surface area contributed by atoms with Crippen LogP contribution in [0.25, 0.3) is 0 Å². The molecule has 1 aliphatic carbocycles. The molecule has 2 fully saturated rings. The van der Waals surface area contributed by atoms with Crippen LogP contribution < -0.4 is 15.5 Å². The SMILES string of the molecule is CC(C)(C)c1ccc(N(C(=O)C2CNC2)C(C(=O)NC2CCCCC2)c2cccnc2)cc1. The Hall–Kier alpha value is -2.73. The molecule has 2 amide bonds. The lowest BCUT2D eigenvalue weighted by molar-refractivity contribution is -0.129. The molecule has 0 spiro atoms. The number of nitrogens with one attached hydrogen (secondary N) is 2. The minimum atomic E-state index is -0.755. The smallest absolute Gasteiger partial charge is 0.248 e. The first kappa shape index (κ1) is 23.4. The summed E-state index contributed by atoms with van der Waals surface area (Å²) in [5, 5.41) is 6.45. The van der Waals surface area contributed by atoms with Gasteiger partial charge in [0.1, 0.15) is 6.04 Å². The highest BCUT2D eigenvalue weighted by Crippen LogP contribution is 2.32. The number of hydrogen-bond donors (Lipinski definition) is 2. The molecule has 2 heterocycles. The van der Waals surface area contributed by atoms with Crippen LogP contribution in [0.1, 0.15) is 70.0 Å². The summed E-state index contributed by atoms with van der Waals surface area (Å²) in [6, 6.07) is 11.2. The largest absolute Gasteiger partial charge is 0.351 e. The third-order valence-electron chi connectivity index (χ3n) is 6.84. The van der Waals surface area contributed by atoms with Gasteiger partial charge in [-0.1, -0.05) is 58.2 Å². The number of benzene rings is 1. The molecule has 4 rings (SSSR count). The summed E-state index contributed by atoms with van der Waals surface area (Å²) < 4.78 is 0. The Morgan fingerprint density at radius 1 is 1.06 bits per heavy atom. The molecule has 1 saturated heterocycles. The van der Waals surface area contributed by atoms with Crippen molar-refractivity contribution < 1.29 is 9.59 Å². The predicted octanol–water partition coefficient (Wildman–Crippen LogP) is 4.12. The summed E-state index contributed by atoms with van der Waals surface area (Å²) in [6.07, 6.45) is 8.87. The van der Waals surface area contributed by atoms with Crippen LogP contribution in [0.15, 0.2) is 48.8 Å². The molecule has 1 saturated carbocycles. The van der Waals surface area contributed by atoms with E-state index in [0.717, 1.165) is 36.9 Å². The third-order valence-corrected chi connectivity index (χ3v) is 6.84. The van der Waals surface area contributed by atoms with Crippen LogP contribution in [0.3, 0.4) is 0 Å². The monoisotopic (exact) mass is 448 g/mol. The predicted molar refractivity (Wildman–Crippen MR) is 131 cm³/mol. The number of carbonyl (C=O) groups excluding carboxylic acids is 2. The van der Waals surface area contributed by atoms with Gasteiger partial charge in [0, 0.05) is 42.8 Å². The van der Waals surface area contributed by atoms with Gasteiger partial charge in [-0.05, 0) is 42.0 Å². The molecule has 6 heteroatoms. The first-order valence-corrected chi connectivity index (χ1v) is 12.2. The molecule has 33 heavy (non-hydrogen) atoms.